The summed E-state index contributed by atoms with van der Waals surface area (Å²) in [5, 5.41) is 14.7. The molecule has 0 aliphatic heterocycles. The van der Waals surface area contributed by atoms with E-state index in [0.717, 1.165) is 21.6 Å². The van der Waals surface area contributed by atoms with Crippen molar-refractivity contribution < 1.29 is 5.11 Å². The van der Waals surface area contributed by atoms with E-state index in [2.05, 4.69) is 33.7 Å². The average molecular weight is 337 g/mol. The summed E-state index contributed by atoms with van der Waals surface area (Å²) in [6.45, 7) is 1.56. The summed E-state index contributed by atoms with van der Waals surface area (Å²) < 4.78 is 1.37. The lowest BCUT2D eigenvalue weighted by Crippen LogP contribution is -2.21. The second-order valence-corrected chi connectivity index (χ2v) is 6.52. The standard InChI is InChI=1S/C18H15N3O2S/c1-11(22)14-8-19-17-15(9-20-21(17)18(14)23)16-7-13(10-24-16)12-5-3-2-4-6-12/h2-11,20,22H,1H3. The predicted molar refractivity (Wildman–Crippen MR) is 95.2 cm³/mol. The fourth-order valence-corrected chi connectivity index (χ4v) is 3.63. The molecular weight excluding hydrogens is 322 g/mol. The number of thiophene rings is 1. The third kappa shape index (κ3) is 2.36. The van der Waals surface area contributed by atoms with Crippen molar-refractivity contribution >= 4 is 17.0 Å². The van der Waals surface area contributed by atoms with Gasteiger partial charge in [-0.1, -0.05) is 30.3 Å². The number of hydrogen-bond donors (Lipinski definition) is 2. The van der Waals surface area contributed by atoms with Gasteiger partial charge in [0.25, 0.3) is 5.56 Å². The van der Waals surface area contributed by atoms with E-state index in [1.807, 2.05) is 18.2 Å². The van der Waals surface area contributed by atoms with Crippen LogP contribution in [-0.4, -0.2) is 19.7 Å². The van der Waals surface area contributed by atoms with Gasteiger partial charge in [0.2, 0.25) is 0 Å². The summed E-state index contributed by atoms with van der Waals surface area (Å²) in [4.78, 5) is 17.8. The minimum atomic E-state index is -0.847. The molecule has 120 valence electrons. The second-order valence-electron chi connectivity index (χ2n) is 5.61. The number of H-pyrrole nitrogens is 1. The molecule has 0 aliphatic rings. The van der Waals surface area contributed by atoms with Crippen LogP contribution in [0.4, 0.5) is 0 Å². The van der Waals surface area contributed by atoms with E-state index < -0.39 is 6.10 Å². The van der Waals surface area contributed by atoms with E-state index in [0.29, 0.717) is 5.65 Å². The SMILES string of the molecule is CC(O)c1cnc2c(-c3cc(-c4ccccc4)cs3)c[nH]n2c1=O. The molecule has 1 aromatic carbocycles. The zero-order valence-corrected chi connectivity index (χ0v) is 13.7. The van der Waals surface area contributed by atoms with Crippen molar-refractivity contribution in [1.82, 2.24) is 14.6 Å². The lowest BCUT2D eigenvalue weighted by Gasteiger charge is -2.03. The summed E-state index contributed by atoms with van der Waals surface area (Å²) in [5.74, 6) is 0. The highest BCUT2D eigenvalue weighted by atomic mass is 32.1. The Morgan fingerprint density at radius 1 is 1.25 bits per heavy atom. The molecule has 0 bridgehead atoms. The van der Waals surface area contributed by atoms with E-state index in [9.17, 15) is 9.90 Å². The van der Waals surface area contributed by atoms with Gasteiger partial charge >= 0.3 is 0 Å². The molecule has 0 fully saturated rings. The van der Waals surface area contributed by atoms with Gasteiger partial charge < -0.3 is 5.11 Å². The first-order chi connectivity index (χ1) is 11.6. The summed E-state index contributed by atoms with van der Waals surface area (Å²) in [5.41, 5.74) is 3.72. The second kappa shape index (κ2) is 5.74. The lowest BCUT2D eigenvalue weighted by atomic mass is 10.1. The third-order valence-corrected chi connectivity index (χ3v) is 4.95. The number of hydrogen-bond acceptors (Lipinski definition) is 4. The molecule has 1 unspecified atom stereocenters. The van der Waals surface area contributed by atoms with Gasteiger partial charge in [0.15, 0.2) is 5.65 Å². The molecule has 0 aliphatic carbocycles. The number of aliphatic hydroxyl groups excluding tert-OH is 1. The first-order valence-electron chi connectivity index (χ1n) is 7.56. The van der Waals surface area contributed by atoms with Crippen LogP contribution in [0.1, 0.15) is 18.6 Å². The maximum atomic E-state index is 12.4. The zero-order valence-electron chi connectivity index (χ0n) is 12.9. The molecule has 6 heteroatoms. The first-order valence-corrected chi connectivity index (χ1v) is 8.44. The van der Waals surface area contributed by atoms with Gasteiger partial charge in [-0.3, -0.25) is 9.89 Å². The summed E-state index contributed by atoms with van der Waals surface area (Å²) in [7, 11) is 0. The molecule has 0 saturated heterocycles. The molecule has 3 heterocycles. The predicted octanol–water partition coefficient (Wildman–Crippen LogP) is 3.47. The largest absolute Gasteiger partial charge is 0.388 e. The summed E-state index contributed by atoms with van der Waals surface area (Å²) >= 11 is 1.61. The average Bonchev–Trinajstić information content (AvgIpc) is 3.22. The van der Waals surface area contributed by atoms with Crippen molar-refractivity contribution in [2.75, 3.05) is 0 Å². The Bertz CT molecular complexity index is 1060. The van der Waals surface area contributed by atoms with Crippen LogP contribution in [-0.2, 0) is 0 Å². The van der Waals surface area contributed by atoms with Crippen LogP contribution in [0.5, 0.6) is 0 Å². The molecule has 0 saturated carbocycles. The number of nitrogens with one attached hydrogen (secondary N) is 1. The van der Waals surface area contributed by atoms with Gasteiger partial charge in [-0.2, -0.15) is 0 Å². The van der Waals surface area contributed by atoms with E-state index in [1.54, 1.807) is 24.5 Å². The zero-order chi connectivity index (χ0) is 16.7. The normalized spacial score (nSPS) is 12.6. The topological polar surface area (TPSA) is 70.4 Å². The number of rotatable bonds is 3. The lowest BCUT2D eigenvalue weighted by molar-refractivity contribution is 0.197. The number of fused-ring (bicyclic) bond motifs is 1. The van der Waals surface area contributed by atoms with Crippen molar-refractivity contribution in [3.63, 3.8) is 0 Å². The quantitative estimate of drug-likeness (QED) is 0.601. The van der Waals surface area contributed by atoms with Gasteiger partial charge in [0.1, 0.15) is 0 Å². The fourth-order valence-electron chi connectivity index (χ4n) is 2.70. The minimum Gasteiger partial charge on any atom is -0.388 e. The Balaban J connectivity index is 1.82. The number of benzene rings is 1. The van der Waals surface area contributed by atoms with Gasteiger partial charge in [-0.25, -0.2) is 9.50 Å². The van der Waals surface area contributed by atoms with Crippen molar-refractivity contribution in [2.24, 2.45) is 0 Å². The van der Waals surface area contributed by atoms with E-state index in [1.165, 1.54) is 10.7 Å². The maximum Gasteiger partial charge on any atom is 0.278 e. The first kappa shape index (κ1) is 14.9. The number of aromatic amines is 1. The summed E-state index contributed by atoms with van der Waals surface area (Å²) in [6.07, 6.45) is 2.38. The van der Waals surface area contributed by atoms with Gasteiger partial charge in [0.05, 0.1) is 17.2 Å². The number of aromatic nitrogens is 3. The number of aliphatic hydroxyl groups is 1. The molecule has 0 radical (unpaired) electrons. The molecule has 0 spiro atoms. The summed E-state index contributed by atoms with van der Waals surface area (Å²) in [6, 6.07) is 12.2. The smallest absolute Gasteiger partial charge is 0.278 e. The molecular formula is C18H15N3O2S. The molecule has 24 heavy (non-hydrogen) atoms. The molecule has 5 nitrogen and oxygen atoms in total. The van der Waals surface area contributed by atoms with E-state index in [-0.39, 0.29) is 11.1 Å². The van der Waals surface area contributed by atoms with Gasteiger partial charge in [0, 0.05) is 17.3 Å². The Labute approximate surface area is 141 Å². The molecule has 1 atom stereocenters. The Morgan fingerprint density at radius 2 is 2.04 bits per heavy atom. The molecule has 0 amide bonds. The van der Waals surface area contributed by atoms with Crippen molar-refractivity contribution in [2.45, 2.75) is 13.0 Å². The Morgan fingerprint density at radius 3 is 2.79 bits per heavy atom. The molecule has 4 rings (SSSR count). The van der Waals surface area contributed by atoms with Crippen molar-refractivity contribution in [3.8, 4) is 21.6 Å². The Hall–Kier alpha value is -2.70. The van der Waals surface area contributed by atoms with E-state index >= 15 is 0 Å². The van der Waals surface area contributed by atoms with Gasteiger partial charge in [-0.15, -0.1) is 11.3 Å². The van der Waals surface area contributed by atoms with Crippen molar-refractivity contribution in [1.29, 1.82) is 0 Å². The minimum absolute atomic E-state index is 0.275. The Kier molecular flexibility index (Phi) is 3.55. The van der Waals surface area contributed by atoms with Crippen LogP contribution in [0.3, 0.4) is 0 Å². The van der Waals surface area contributed by atoms with Crippen LogP contribution in [0, 0.1) is 0 Å². The van der Waals surface area contributed by atoms with Crippen LogP contribution in [0.25, 0.3) is 27.2 Å². The highest BCUT2D eigenvalue weighted by Gasteiger charge is 2.15. The molecule has 4 aromatic rings. The van der Waals surface area contributed by atoms with Crippen LogP contribution in [0.15, 0.2) is 59.0 Å². The van der Waals surface area contributed by atoms with E-state index in [4.69, 9.17) is 0 Å². The highest BCUT2D eigenvalue weighted by Crippen LogP contribution is 2.33. The third-order valence-electron chi connectivity index (χ3n) is 3.99. The van der Waals surface area contributed by atoms with Crippen LogP contribution in [0.2, 0.25) is 0 Å². The highest BCUT2D eigenvalue weighted by molar-refractivity contribution is 7.14. The van der Waals surface area contributed by atoms with Gasteiger partial charge in [-0.05, 0) is 29.5 Å². The number of nitrogens with zero attached hydrogens (tertiary/aromatic N) is 2. The van der Waals surface area contributed by atoms with Crippen LogP contribution >= 0.6 is 11.3 Å². The van der Waals surface area contributed by atoms with Crippen LogP contribution < -0.4 is 5.56 Å². The maximum absolute atomic E-state index is 12.4. The van der Waals surface area contributed by atoms with Crippen molar-refractivity contribution in [3.05, 3.63) is 70.1 Å². The molecule has 3 aromatic heterocycles. The molecule has 2 N–H and O–H groups in total. The fraction of sp³-hybridized carbons (Fsp3) is 0.111. The monoisotopic (exact) mass is 337 g/mol.